The van der Waals surface area contributed by atoms with Gasteiger partial charge in [0.2, 0.25) is 0 Å². The van der Waals surface area contributed by atoms with Crippen molar-refractivity contribution in [1.82, 2.24) is 0 Å². The molecule has 0 aliphatic heterocycles. The van der Waals surface area contributed by atoms with Gasteiger partial charge in [-0.05, 0) is 58.9 Å². The van der Waals surface area contributed by atoms with E-state index < -0.39 is 44.1 Å². The fourth-order valence-electron chi connectivity index (χ4n) is 6.86. The van der Waals surface area contributed by atoms with Gasteiger partial charge in [-0.3, -0.25) is 0 Å². The monoisotopic (exact) mass is 644 g/mol. The van der Waals surface area contributed by atoms with E-state index in [1.165, 1.54) is 30.3 Å². The second-order valence-electron chi connectivity index (χ2n) is 12.5. The van der Waals surface area contributed by atoms with Gasteiger partial charge < -0.3 is 4.43 Å². The third kappa shape index (κ3) is 5.21. The van der Waals surface area contributed by atoms with Gasteiger partial charge in [-0.2, -0.15) is 0 Å². The lowest BCUT2D eigenvalue weighted by Crippen LogP contribution is -2.68. The molecule has 1 aliphatic rings. The molecular formula is C36H40O5S2Si. The van der Waals surface area contributed by atoms with Crippen molar-refractivity contribution in [2.45, 2.75) is 65.0 Å². The fraction of sp³-hybridized carbons (Fsp3) is 0.278. The summed E-state index contributed by atoms with van der Waals surface area (Å²) in [5, 5.41) is 1.93. The summed E-state index contributed by atoms with van der Waals surface area (Å²) in [5.41, 5.74) is 0. The summed E-state index contributed by atoms with van der Waals surface area (Å²) in [4.78, 5) is -0.0320. The Balaban J connectivity index is 1.66. The Labute approximate surface area is 263 Å². The standard InChI is InChI=1S/C36H40O5S2Si/c1-5-29-28-30(41-44(35(2,3)4,33-22-14-8-15-23-33)34-24-16-9-17-25-34)26-27-36(29,42(37,38)31-18-10-6-11-19-31)43(39,40)32-20-12-7-13-21-32/h5-25,29-30H,1,26-28H2,2-4H3. The van der Waals surface area contributed by atoms with E-state index in [0.717, 1.165) is 10.4 Å². The van der Waals surface area contributed by atoms with Crippen molar-refractivity contribution < 1.29 is 21.3 Å². The van der Waals surface area contributed by atoms with Gasteiger partial charge >= 0.3 is 0 Å². The highest BCUT2D eigenvalue weighted by molar-refractivity contribution is 8.10. The molecule has 0 bridgehead atoms. The Bertz CT molecular complexity index is 1680. The van der Waals surface area contributed by atoms with E-state index in [2.05, 4.69) is 51.6 Å². The third-order valence-electron chi connectivity index (χ3n) is 8.96. The SMILES string of the molecule is C=CC1CC(O[Si](c2ccccc2)(c2ccccc2)C(C)(C)C)CCC1(S(=O)(=O)c1ccccc1)S(=O)(=O)c1ccccc1. The van der Waals surface area contributed by atoms with Gasteiger partial charge in [-0.15, -0.1) is 6.58 Å². The average molecular weight is 645 g/mol. The Morgan fingerprint density at radius 2 is 1.09 bits per heavy atom. The minimum Gasteiger partial charge on any atom is -0.404 e. The van der Waals surface area contributed by atoms with Crippen LogP contribution in [0.2, 0.25) is 5.04 Å². The summed E-state index contributed by atoms with van der Waals surface area (Å²) < 4.78 is 63.8. The zero-order valence-corrected chi connectivity index (χ0v) is 28.1. The van der Waals surface area contributed by atoms with Crippen LogP contribution in [0.25, 0.3) is 0 Å². The van der Waals surface area contributed by atoms with Gasteiger partial charge in [0.1, 0.15) is 0 Å². The molecule has 5 nitrogen and oxygen atoms in total. The Morgan fingerprint density at radius 1 is 0.705 bits per heavy atom. The smallest absolute Gasteiger partial charge is 0.261 e. The van der Waals surface area contributed by atoms with E-state index in [0.29, 0.717) is 0 Å². The quantitative estimate of drug-likeness (QED) is 0.152. The second-order valence-corrected chi connectivity index (χ2v) is 21.4. The molecule has 0 N–H and O–H groups in total. The number of allylic oxidation sites excluding steroid dienone is 1. The van der Waals surface area contributed by atoms with Crippen molar-refractivity contribution in [2.75, 3.05) is 0 Å². The van der Waals surface area contributed by atoms with Crippen LogP contribution in [-0.4, -0.2) is 35.3 Å². The summed E-state index contributed by atoms with van der Waals surface area (Å²) >= 11 is 0. The number of benzene rings is 4. The van der Waals surface area contributed by atoms with Crippen LogP contribution in [0.1, 0.15) is 40.0 Å². The van der Waals surface area contributed by atoms with Crippen molar-refractivity contribution in [3.05, 3.63) is 134 Å². The average Bonchev–Trinajstić information content (AvgIpc) is 3.04. The van der Waals surface area contributed by atoms with Crippen molar-refractivity contribution in [3.8, 4) is 0 Å². The van der Waals surface area contributed by atoms with Crippen LogP contribution in [-0.2, 0) is 24.1 Å². The topological polar surface area (TPSA) is 77.5 Å². The maximum absolute atomic E-state index is 14.6. The first-order valence-corrected chi connectivity index (χ1v) is 19.8. The van der Waals surface area contributed by atoms with Crippen LogP contribution in [0.15, 0.2) is 144 Å². The van der Waals surface area contributed by atoms with Gasteiger partial charge in [0, 0.05) is 12.0 Å². The summed E-state index contributed by atoms with van der Waals surface area (Å²) in [6.07, 6.45) is 1.46. The van der Waals surface area contributed by atoms with Crippen LogP contribution in [0.5, 0.6) is 0 Å². The van der Waals surface area contributed by atoms with E-state index >= 15 is 0 Å². The molecule has 8 heteroatoms. The number of hydrogen-bond donors (Lipinski definition) is 0. The largest absolute Gasteiger partial charge is 0.404 e. The Morgan fingerprint density at radius 3 is 1.45 bits per heavy atom. The van der Waals surface area contributed by atoms with Crippen LogP contribution in [0, 0.1) is 5.92 Å². The van der Waals surface area contributed by atoms with Gasteiger partial charge in [0.15, 0.2) is 23.8 Å². The molecule has 0 heterocycles. The molecule has 4 aromatic rings. The third-order valence-corrected chi connectivity index (χ3v) is 20.0. The van der Waals surface area contributed by atoms with E-state index in [4.69, 9.17) is 4.43 Å². The first kappa shape index (κ1) is 32.1. The molecule has 2 atom stereocenters. The molecule has 2 unspecified atom stereocenters. The molecule has 0 aromatic heterocycles. The van der Waals surface area contributed by atoms with Crippen LogP contribution in [0.3, 0.4) is 0 Å². The van der Waals surface area contributed by atoms with Gasteiger partial charge in [0.05, 0.1) is 9.79 Å². The zero-order valence-electron chi connectivity index (χ0n) is 25.5. The van der Waals surface area contributed by atoms with Gasteiger partial charge in [-0.1, -0.05) is 124 Å². The highest BCUT2D eigenvalue weighted by Crippen LogP contribution is 2.51. The van der Waals surface area contributed by atoms with Crippen molar-refractivity contribution in [1.29, 1.82) is 0 Å². The van der Waals surface area contributed by atoms with Crippen molar-refractivity contribution in [2.24, 2.45) is 5.92 Å². The normalized spacial score (nSPS) is 19.2. The molecular weight excluding hydrogens is 605 g/mol. The zero-order chi connectivity index (χ0) is 31.6. The minimum atomic E-state index is -4.39. The number of hydrogen-bond acceptors (Lipinski definition) is 5. The summed E-state index contributed by atoms with van der Waals surface area (Å²) in [7, 11) is -11.8. The Kier molecular flexibility index (Phi) is 8.93. The molecule has 1 saturated carbocycles. The van der Waals surface area contributed by atoms with E-state index in [-0.39, 0.29) is 34.1 Å². The van der Waals surface area contributed by atoms with Crippen molar-refractivity contribution in [3.63, 3.8) is 0 Å². The summed E-state index contributed by atoms with van der Waals surface area (Å²) in [5.74, 6) is -0.921. The van der Waals surface area contributed by atoms with E-state index in [1.54, 1.807) is 36.4 Å². The maximum atomic E-state index is 14.6. The molecule has 230 valence electrons. The summed E-state index contributed by atoms with van der Waals surface area (Å²) in [6, 6.07) is 36.3. The molecule has 0 saturated heterocycles. The van der Waals surface area contributed by atoms with E-state index in [1.807, 2.05) is 36.4 Å². The lowest BCUT2D eigenvalue weighted by atomic mass is 9.86. The predicted molar refractivity (Wildman–Crippen MR) is 180 cm³/mol. The second kappa shape index (κ2) is 12.2. The predicted octanol–water partition coefficient (Wildman–Crippen LogP) is 6.56. The summed E-state index contributed by atoms with van der Waals surface area (Å²) in [6.45, 7) is 10.6. The lowest BCUT2D eigenvalue weighted by Gasteiger charge is -2.49. The highest BCUT2D eigenvalue weighted by Gasteiger charge is 2.63. The minimum absolute atomic E-state index is 0.0160. The van der Waals surface area contributed by atoms with Gasteiger partial charge in [0.25, 0.3) is 8.32 Å². The highest BCUT2D eigenvalue weighted by atomic mass is 32.3. The first-order chi connectivity index (χ1) is 20.9. The molecule has 44 heavy (non-hydrogen) atoms. The molecule has 5 rings (SSSR count). The lowest BCUT2D eigenvalue weighted by molar-refractivity contribution is 0.120. The van der Waals surface area contributed by atoms with Crippen molar-refractivity contribution >= 4 is 38.4 Å². The molecule has 0 spiro atoms. The Hall–Kier alpha value is -3.30. The number of rotatable bonds is 9. The van der Waals surface area contributed by atoms with Crippen LogP contribution < -0.4 is 10.4 Å². The maximum Gasteiger partial charge on any atom is 0.261 e. The van der Waals surface area contributed by atoms with Gasteiger partial charge in [-0.25, -0.2) is 16.8 Å². The first-order valence-electron chi connectivity index (χ1n) is 14.9. The molecule has 1 aliphatic carbocycles. The molecule has 0 amide bonds. The number of sulfone groups is 2. The van der Waals surface area contributed by atoms with Crippen LogP contribution >= 0.6 is 0 Å². The molecule has 0 radical (unpaired) electrons. The molecule has 1 fully saturated rings. The van der Waals surface area contributed by atoms with Crippen LogP contribution in [0.4, 0.5) is 0 Å². The molecule has 4 aromatic carbocycles. The fourth-order valence-corrected chi connectivity index (χ4v) is 17.1. The van der Waals surface area contributed by atoms with E-state index in [9.17, 15) is 16.8 Å².